The Morgan fingerprint density at radius 1 is 1.17 bits per heavy atom. The van der Waals surface area contributed by atoms with Gasteiger partial charge in [-0.2, -0.15) is 0 Å². The van der Waals surface area contributed by atoms with Gasteiger partial charge in [0.05, 0.1) is 0 Å². The van der Waals surface area contributed by atoms with Gasteiger partial charge < -0.3 is 10.1 Å². The fourth-order valence-electron chi connectivity index (χ4n) is 3.50. The van der Waals surface area contributed by atoms with Crippen molar-refractivity contribution < 1.29 is 9.13 Å². The first-order valence-electron chi connectivity index (χ1n) is 7.74. The first-order valence-corrected chi connectivity index (χ1v) is 8.11. The number of benzene rings is 1. The molecule has 2 aliphatic heterocycles. The summed E-state index contributed by atoms with van der Waals surface area (Å²) < 4.78 is 19.9. The van der Waals surface area contributed by atoms with Crippen LogP contribution in [0.1, 0.15) is 24.4 Å². The predicted molar refractivity (Wildman–Crippen MR) is 96.6 cm³/mol. The Bertz CT molecular complexity index is 442. The van der Waals surface area contributed by atoms with Gasteiger partial charge in [0.15, 0.2) is 0 Å². The van der Waals surface area contributed by atoms with Gasteiger partial charge in [0.1, 0.15) is 5.82 Å². The molecule has 0 aliphatic carbocycles. The summed E-state index contributed by atoms with van der Waals surface area (Å²) in [5.74, 6) is 0.226. The second kappa shape index (κ2) is 10.0. The van der Waals surface area contributed by atoms with Gasteiger partial charge in [-0.15, -0.1) is 24.8 Å². The van der Waals surface area contributed by atoms with E-state index in [4.69, 9.17) is 16.3 Å². The number of nitrogens with one attached hydrogen (secondary N) is 1. The molecule has 2 heterocycles. The number of nitrogens with zero attached hydrogens (tertiary/aromatic N) is 1. The topological polar surface area (TPSA) is 24.5 Å². The van der Waals surface area contributed by atoms with E-state index in [0.717, 1.165) is 52.2 Å². The number of rotatable bonds is 3. The average Bonchev–Trinajstić information content (AvgIpc) is 2.53. The molecular formula is C16H24Cl3FN2O. The minimum Gasteiger partial charge on any atom is -0.381 e. The quantitative estimate of drug-likeness (QED) is 0.858. The van der Waals surface area contributed by atoms with Crippen molar-refractivity contribution in [2.45, 2.75) is 18.9 Å². The van der Waals surface area contributed by atoms with Crippen molar-refractivity contribution in [1.82, 2.24) is 10.2 Å². The standard InChI is InChI=1S/C16H22ClFN2O.2ClH/c17-13-2-1-3-14(18)15(13)16(12-4-10-21-11-5-12)20-8-6-19-7-9-20;;/h1-3,12,16,19H,4-11H2;2*1H/t16-;;/m1../s1. The Morgan fingerprint density at radius 3 is 2.43 bits per heavy atom. The summed E-state index contributed by atoms with van der Waals surface area (Å²) in [5, 5.41) is 3.91. The minimum atomic E-state index is -0.183. The third-order valence-corrected chi connectivity index (χ3v) is 4.88. The number of hydrogen-bond donors (Lipinski definition) is 1. The maximum Gasteiger partial charge on any atom is 0.129 e. The van der Waals surface area contributed by atoms with Crippen molar-refractivity contribution in [3.63, 3.8) is 0 Å². The van der Waals surface area contributed by atoms with Crippen LogP contribution in [-0.4, -0.2) is 44.3 Å². The zero-order chi connectivity index (χ0) is 14.7. The molecule has 0 aromatic heterocycles. The Morgan fingerprint density at radius 2 is 1.83 bits per heavy atom. The lowest BCUT2D eigenvalue weighted by molar-refractivity contribution is 0.0203. The van der Waals surface area contributed by atoms with E-state index in [9.17, 15) is 4.39 Å². The molecule has 3 rings (SSSR count). The fraction of sp³-hybridized carbons (Fsp3) is 0.625. The van der Waals surface area contributed by atoms with E-state index >= 15 is 0 Å². The summed E-state index contributed by atoms with van der Waals surface area (Å²) in [6, 6.07) is 5.06. The van der Waals surface area contributed by atoms with Gasteiger partial charge in [0.25, 0.3) is 0 Å². The van der Waals surface area contributed by atoms with Crippen molar-refractivity contribution in [2.24, 2.45) is 5.92 Å². The maximum atomic E-state index is 14.5. The first kappa shape index (κ1) is 20.9. The van der Waals surface area contributed by atoms with Crippen LogP contribution < -0.4 is 5.32 Å². The molecule has 0 bridgehead atoms. The Hall–Kier alpha value is -0.100. The van der Waals surface area contributed by atoms with Gasteiger partial charge in [-0.25, -0.2) is 4.39 Å². The van der Waals surface area contributed by atoms with Crippen LogP contribution in [0.3, 0.4) is 0 Å². The third-order valence-electron chi connectivity index (χ3n) is 4.55. The SMILES string of the molecule is Cl.Cl.Fc1cccc(Cl)c1[C@@H](C1CCOCC1)N1CCNCC1. The Labute approximate surface area is 154 Å². The molecule has 1 N–H and O–H groups in total. The highest BCUT2D eigenvalue weighted by Gasteiger charge is 2.34. The van der Waals surface area contributed by atoms with Gasteiger partial charge in [0, 0.05) is 56.0 Å². The van der Waals surface area contributed by atoms with E-state index < -0.39 is 0 Å². The second-order valence-corrected chi connectivity index (χ2v) is 6.22. The average molecular weight is 386 g/mol. The highest BCUT2D eigenvalue weighted by Crippen LogP contribution is 2.39. The molecule has 23 heavy (non-hydrogen) atoms. The molecular weight excluding hydrogens is 362 g/mol. The molecule has 0 spiro atoms. The Balaban J connectivity index is 0.00000132. The zero-order valence-corrected chi connectivity index (χ0v) is 15.4. The van der Waals surface area contributed by atoms with Gasteiger partial charge in [0.2, 0.25) is 0 Å². The molecule has 1 atom stereocenters. The van der Waals surface area contributed by atoms with Gasteiger partial charge >= 0.3 is 0 Å². The molecule has 1 aromatic rings. The van der Waals surface area contributed by atoms with Crippen molar-refractivity contribution in [3.8, 4) is 0 Å². The molecule has 132 valence electrons. The molecule has 0 unspecified atom stereocenters. The maximum absolute atomic E-state index is 14.5. The summed E-state index contributed by atoms with van der Waals surface area (Å²) in [5.41, 5.74) is 0.674. The summed E-state index contributed by atoms with van der Waals surface area (Å²) in [7, 11) is 0. The lowest BCUT2D eigenvalue weighted by Gasteiger charge is -2.41. The number of ether oxygens (including phenoxy) is 1. The monoisotopic (exact) mass is 384 g/mol. The molecule has 1 aromatic carbocycles. The van der Waals surface area contributed by atoms with Crippen molar-refractivity contribution in [1.29, 1.82) is 0 Å². The fourth-order valence-corrected chi connectivity index (χ4v) is 3.78. The molecule has 0 amide bonds. The van der Waals surface area contributed by atoms with E-state index in [1.54, 1.807) is 12.1 Å². The van der Waals surface area contributed by atoms with Crippen LogP contribution in [0.4, 0.5) is 4.39 Å². The van der Waals surface area contributed by atoms with Crippen LogP contribution >= 0.6 is 36.4 Å². The van der Waals surface area contributed by atoms with Gasteiger partial charge in [-0.3, -0.25) is 4.90 Å². The number of hydrogen-bond acceptors (Lipinski definition) is 3. The molecule has 3 nitrogen and oxygen atoms in total. The second-order valence-electron chi connectivity index (χ2n) is 5.82. The van der Waals surface area contributed by atoms with E-state index in [1.807, 2.05) is 0 Å². The third kappa shape index (κ3) is 4.94. The highest BCUT2D eigenvalue weighted by atomic mass is 35.5. The van der Waals surface area contributed by atoms with E-state index in [1.165, 1.54) is 6.07 Å². The molecule has 0 radical (unpaired) electrons. The Kier molecular flexibility index (Phi) is 9.12. The summed E-state index contributed by atoms with van der Waals surface area (Å²) >= 11 is 6.35. The number of halogens is 4. The summed E-state index contributed by atoms with van der Waals surface area (Å²) in [6.45, 7) is 5.30. The van der Waals surface area contributed by atoms with Crippen LogP contribution in [0.2, 0.25) is 5.02 Å². The van der Waals surface area contributed by atoms with Crippen LogP contribution in [0.15, 0.2) is 18.2 Å². The van der Waals surface area contributed by atoms with E-state index in [0.29, 0.717) is 16.5 Å². The predicted octanol–water partition coefficient (Wildman–Crippen LogP) is 3.70. The molecule has 2 aliphatic rings. The lowest BCUT2D eigenvalue weighted by Crippen LogP contribution is -2.47. The molecule has 2 fully saturated rings. The van der Waals surface area contributed by atoms with E-state index in [-0.39, 0.29) is 36.7 Å². The van der Waals surface area contributed by atoms with Crippen molar-refractivity contribution in [3.05, 3.63) is 34.6 Å². The largest absolute Gasteiger partial charge is 0.381 e. The smallest absolute Gasteiger partial charge is 0.129 e. The first-order chi connectivity index (χ1) is 10.3. The molecule has 2 saturated heterocycles. The van der Waals surface area contributed by atoms with Gasteiger partial charge in [-0.05, 0) is 30.9 Å². The van der Waals surface area contributed by atoms with Crippen LogP contribution in [-0.2, 0) is 4.74 Å². The molecule has 0 saturated carbocycles. The normalized spacial score (nSPS) is 21.1. The minimum absolute atomic E-state index is 0. The zero-order valence-electron chi connectivity index (χ0n) is 13.0. The molecule has 7 heteroatoms. The summed E-state index contributed by atoms with van der Waals surface area (Å²) in [4.78, 5) is 2.39. The van der Waals surface area contributed by atoms with E-state index in [2.05, 4.69) is 10.2 Å². The van der Waals surface area contributed by atoms with Crippen molar-refractivity contribution in [2.75, 3.05) is 39.4 Å². The van der Waals surface area contributed by atoms with Gasteiger partial charge in [-0.1, -0.05) is 17.7 Å². The van der Waals surface area contributed by atoms with Crippen molar-refractivity contribution >= 4 is 36.4 Å². The van der Waals surface area contributed by atoms with Crippen LogP contribution in [0.5, 0.6) is 0 Å². The number of piperazine rings is 1. The highest BCUT2D eigenvalue weighted by molar-refractivity contribution is 6.31. The summed E-state index contributed by atoms with van der Waals surface area (Å²) in [6.07, 6.45) is 1.94. The van der Waals surface area contributed by atoms with Crippen LogP contribution in [0.25, 0.3) is 0 Å². The lowest BCUT2D eigenvalue weighted by atomic mass is 9.85. The van der Waals surface area contributed by atoms with Crippen LogP contribution in [0, 0.1) is 11.7 Å².